The Hall–Kier alpha value is -1.44. The highest BCUT2D eigenvalue weighted by molar-refractivity contribution is 5.30. The maximum atomic E-state index is 3.55. The van der Waals surface area contributed by atoms with E-state index >= 15 is 0 Å². The molecule has 0 radical (unpaired) electrons. The molecule has 2 nitrogen and oxygen atoms in total. The van der Waals surface area contributed by atoms with Crippen molar-refractivity contribution in [2.75, 3.05) is 0 Å². The van der Waals surface area contributed by atoms with Crippen molar-refractivity contribution in [3.63, 3.8) is 0 Å². The third-order valence-electron chi connectivity index (χ3n) is 2.68. The Morgan fingerprint density at radius 1 is 1.50 bits per heavy atom. The molecule has 2 N–H and O–H groups in total. The van der Waals surface area contributed by atoms with Gasteiger partial charge in [-0.3, -0.25) is 0 Å². The SMILES string of the molecule is C/C=C\C[C@H](CC)N/C(C)=C1/C=CC=CN1. The minimum Gasteiger partial charge on any atom is -0.384 e. The summed E-state index contributed by atoms with van der Waals surface area (Å²) in [4.78, 5) is 0. The van der Waals surface area contributed by atoms with Crippen LogP contribution in [0.2, 0.25) is 0 Å². The minimum atomic E-state index is 0.518. The van der Waals surface area contributed by atoms with Crippen LogP contribution in [0.5, 0.6) is 0 Å². The minimum absolute atomic E-state index is 0.518. The zero-order valence-corrected chi connectivity index (χ0v) is 10.5. The highest BCUT2D eigenvalue weighted by Crippen LogP contribution is 2.07. The van der Waals surface area contributed by atoms with Crippen molar-refractivity contribution >= 4 is 0 Å². The van der Waals surface area contributed by atoms with E-state index in [-0.39, 0.29) is 0 Å². The largest absolute Gasteiger partial charge is 0.384 e. The summed E-state index contributed by atoms with van der Waals surface area (Å²) in [6.07, 6.45) is 14.6. The zero-order valence-electron chi connectivity index (χ0n) is 10.5. The maximum absolute atomic E-state index is 3.55. The molecule has 1 atom stereocenters. The average molecular weight is 218 g/mol. The van der Waals surface area contributed by atoms with Gasteiger partial charge in [-0.2, -0.15) is 0 Å². The molecule has 0 aliphatic carbocycles. The second kappa shape index (κ2) is 6.94. The number of hydrogen-bond donors (Lipinski definition) is 2. The smallest absolute Gasteiger partial charge is 0.0569 e. The van der Waals surface area contributed by atoms with E-state index in [0.29, 0.717) is 6.04 Å². The molecule has 0 bridgehead atoms. The summed E-state index contributed by atoms with van der Waals surface area (Å²) < 4.78 is 0. The monoisotopic (exact) mass is 218 g/mol. The standard InChI is InChI=1S/C14H22N2/c1-4-6-9-13(5-2)16-12(3)14-10-7-8-11-15-14/h4,6-8,10-11,13,15-16H,5,9H2,1-3H3/b6-4-,14-12-/t13-/m0/s1. The van der Waals surface area contributed by atoms with E-state index in [1.165, 1.54) is 5.70 Å². The molecular weight excluding hydrogens is 196 g/mol. The van der Waals surface area contributed by atoms with Crippen LogP contribution in [0.1, 0.15) is 33.6 Å². The number of nitrogens with one attached hydrogen (secondary N) is 2. The molecule has 0 amide bonds. The first kappa shape index (κ1) is 12.6. The van der Waals surface area contributed by atoms with E-state index in [1.807, 2.05) is 18.4 Å². The van der Waals surface area contributed by atoms with Crippen LogP contribution in [0.4, 0.5) is 0 Å². The van der Waals surface area contributed by atoms with E-state index in [1.54, 1.807) is 0 Å². The predicted molar refractivity (Wildman–Crippen MR) is 70.8 cm³/mol. The summed E-state index contributed by atoms with van der Waals surface area (Å²) in [6.45, 7) is 6.39. The van der Waals surface area contributed by atoms with Gasteiger partial charge < -0.3 is 10.6 Å². The van der Waals surface area contributed by atoms with Crippen molar-refractivity contribution in [1.82, 2.24) is 10.6 Å². The number of allylic oxidation sites excluding steroid dienone is 5. The second-order valence-electron chi connectivity index (χ2n) is 3.96. The fraction of sp³-hybridized carbons (Fsp3) is 0.429. The molecule has 16 heavy (non-hydrogen) atoms. The first-order valence-corrected chi connectivity index (χ1v) is 5.96. The van der Waals surface area contributed by atoms with Gasteiger partial charge in [0.15, 0.2) is 0 Å². The number of dihydropyridines is 1. The molecule has 0 aromatic carbocycles. The summed E-state index contributed by atoms with van der Waals surface area (Å²) in [5, 5.41) is 6.79. The Labute approximate surface area is 98.8 Å². The molecule has 1 aliphatic heterocycles. The van der Waals surface area contributed by atoms with Crippen LogP contribution in [0.15, 0.2) is 48.0 Å². The number of rotatable bonds is 5. The Kier molecular flexibility index (Phi) is 5.48. The molecule has 0 saturated heterocycles. The molecular formula is C14H22N2. The molecule has 1 heterocycles. The fourth-order valence-electron chi connectivity index (χ4n) is 1.64. The first-order valence-electron chi connectivity index (χ1n) is 5.96. The quantitative estimate of drug-likeness (QED) is 0.692. The first-order chi connectivity index (χ1) is 7.77. The fourth-order valence-corrected chi connectivity index (χ4v) is 1.64. The molecule has 0 spiro atoms. The Morgan fingerprint density at radius 3 is 2.88 bits per heavy atom. The molecule has 2 heteroatoms. The number of hydrogen-bond acceptors (Lipinski definition) is 2. The van der Waals surface area contributed by atoms with Gasteiger partial charge in [0.2, 0.25) is 0 Å². The van der Waals surface area contributed by atoms with Gasteiger partial charge >= 0.3 is 0 Å². The van der Waals surface area contributed by atoms with Crippen molar-refractivity contribution < 1.29 is 0 Å². The normalized spacial score (nSPS) is 19.7. The van der Waals surface area contributed by atoms with Crippen LogP contribution in [0, 0.1) is 0 Å². The van der Waals surface area contributed by atoms with Gasteiger partial charge in [0.25, 0.3) is 0 Å². The molecule has 0 aromatic rings. The second-order valence-corrected chi connectivity index (χ2v) is 3.96. The average Bonchev–Trinajstić information content (AvgIpc) is 2.35. The lowest BCUT2D eigenvalue weighted by Crippen LogP contribution is -2.28. The van der Waals surface area contributed by atoms with Gasteiger partial charge in [-0.15, -0.1) is 0 Å². The Balaban J connectivity index is 2.57. The van der Waals surface area contributed by atoms with Gasteiger partial charge in [0.05, 0.1) is 5.70 Å². The molecule has 88 valence electrons. The summed E-state index contributed by atoms with van der Waals surface area (Å²) in [6, 6.07) is 0.518. The van der Waals surface area contributed by atoms with Crippen LogP contribution < -0.4 is 10.6 Å². The van der Waals surface area contributed by atoms with E-state index in [0.717, 1.165) is 18.5 Å². The van der Waals surface area contributed by atoms with Crippen LogP contribution >= 0.6 is 0 Å². The van der Waals surface area contributed by atoms with Crippen LogP contribution in [-0.2, 0) is 0 Å². The van der Waals surface area contributed by atoms with Gasteiger partial charge in [-0.25, -0.2) is 0 Å². The summed E-state index contributed by atoms with van der Waals surface area (Å²) >= 11 is 0. The Bertz CT molecular complexity index is 322. The van der Waals surface area contributed by atoms with E-state index in [4.69, 9.17) is 0 Å². The van der Waals surface area contributed by atoms with Gasteiger partial charge in [-0.1, -0.05) is 25.2 Å². The van der Waals surface area contributed by atoms with Crippen LogP contribution in [0.3, 0.4) is 0 Å². The van der Waals surface area contributed by atoms with Gasteiger partial charge in [0.1, 0.15) is 0 Å². The third kappa shape index (κ3) is 3.97. The zero-order chi connectivity index (χ0) is 11.8. The van der Waals surface area contributed by atoms with Crippen LogP contribution in [0.25, 0.3) is 0 Å². The third-order valence-corrected chi connectivity index (χ3v) is 2.68. The molecule has 1 rings (SSSR count). The van der Waals surface area contributed by atoms with Crippen molar-refractivity contribution in [3.8, 4) is 0 Å². The lowest BCUT2D eigenvalue weighted by atomic mass is 10.1. The van der Waals surface area contributed by atoms with Gasteiger partial charge in [-0.05, 0) is 38.8 Å². The Morgan fingerprint density at radius 2 is 2.31 bits per heavy atom. The van der Waals surface area contributed by atoms with Gasteiger partial charge in [0, 0.05) is 17.9 Å². The van der Waals surface area contributed by atoms with E-state index in [2.05, 4.69) is 49.6 Å². The van der Waals surface area contributed by atoms with Crippen molar-refractivity contribution in [1.29, 1.82) is 0 Å². The van der Waals surface area contributed by atoms with Crippen molar-refractivity contribution in [3.05, 3.63) is 48.0 Å². The molecule has 0 saturated carbocycles. The molecule has 0 unspecified atom stereocenters. The molecule has 1 aliphatic rings. The highest BCUT2D eigenvalue weighted by Gasteiger charge is 2.06. The predicted octanol–water partition coefficient (Wildman–Crippen LogP) is 3.23. The summed E-state index contributed by atoms with van der Waals surface area (Å²) in [5.74, 6) is 0. The lowest BCUT2D eigenvalue weighted by molar-refractivity contribution is 0.551. The van der Waals surface area contributed by atoms with Crippen LogP contribution in [-0.4, -0.2) is 6.04 Å². The van der Waals surface area contributed by atoms with Crippen molar-refractivity contribution in [2.45, 2.75) is 39.7 Å². The lowest BCUT2D eigenvalue weighted by Gasteiger charge is -2.19. The topological polar surface area (TPSA) is 24.1 Å². The summed E-state index contributed by atoms with van der Waals surface area (Å²) in [5.41, 5.74) is 2.36. The van der Waals surface area contributed by atoms with E-state index in [9.17, 15) is 0 Å². The van der Waals surface area contributed by atoms with E-state index < -0.39 is 0 Å². The molecule has 0 fully saturated rings. The van der Waals surface area contributed by atoms with Crippen molar-refractivity contribution in [2.24, 2.45) is 0 Å². The summed E-state index contributed by atoms with van der Waals surface area (Å²) in [7, 11) is 0. The maximum Gasteiger partial charge on any atom is 0.0569 e. The molecule has 0 aromatic heterocycles. The highest BCUT2D eigenvalue weighted by atomic mass is 15.0.